The van der Waals surface area contributed by atoms with E-state index in [9.17, 15) is 35.9 Å². The van der Waals surface area contributed by atoms with Gasteiger partial charge < -0.3 is 16.4 Å². The minimum atomic E-state index is -4.68. The topological polar surface area (TPSA) is 139 Å². The zero-order chi connectivity index (χ0) is 28.4. The molecule has 39 heavy (non-hydrogen) atoms. The lowest BCUT2D eigenvalue weighted by atomic mass is 10.00. The van der Waals surface area contributed by atoms with E-state index < -0.39 is 43.0 Å². The van der Waals surface area contributed by atoms with Crippen molar-refractivity contribution in [2.75, 3.05) is 22.9 Å². The van der Waals surface area contributed by atoms with E-state index in [4.69, 9.17) is 5.73 Å². The smallest absolute Gasteiger partial charge is 0.382 e. The van der Waals surface area contributed by atoms with Crippen molar-refractivity contribution in [3.05, 3.63) is 66.2 Å². The summed E-state index contributed by atoms with van der Waals surface area (Å²) in [7, 11) is 0. The van der Waals surface area contributed by atoms with Crippen LogP contribution >= 0.6 is 0 Å². The Morgan fingerprint density at radius 1 is 0.974 bits per heavy atom. The monoisotopic (exact) mass is 552 g/mol. The zero-order valence-electron chi connectivity index (χ0n) is 19.6. The highest BCUT2D eigenvalue weighted by Gasteiger charge is 2.32. The molecule has 0 spiro atoms. The molecule has 4 rings (SSSR count). The number of nitrogens with zero attached hydrogens (tertiary/aromatic N) is 4. The molecular weight excluding hydrogens is 534 g/mol. The Morgan fingerprint density at radius 2 is 1.69 bits per heavy atom. The Balaban J connectivity index is 1.54. The van der Waals surface area contributed by atoms with Crippen molar-refractivity contribution in [3.8, 4) is 11.1 Å². The molecule has 16 heteroatoms. The normalized spacial score (nSPS) is 11.8. The molecule has 0 saturated heterocycles. The molecule has 3 amide bonds. The fraction of sp³-hybridized carbons (Fsp3) is 0.174. The van der Waals surface area contributed by atoms with Gasteiger partial charge in [0.2, 0.25) is 5.91 Å². The maximum Gasteiger partial charge on any atom is 0.433 e. The molecule has 204 valence electrons. The average Bonchev–Trinajstić information content (AvgIpc) is 3.21. The second kappa shape index (κ2) is 10.5. The fourth-order valence-electron chi connectivity index (χ4n) is 3.64. The fourth-order valence-corrected chi connectivity index (χ4v) is 3.64. The van der Waals surface area contributed by atoms with Crippen molar-refractivity contribution >= 4 is 34.8 Å². The molecule has 0 unspecified atom stereocenters. The Hall–Kier alpha value is -4.89. The van der Waals surface area contributed by atoms with Gasteiger partial charge in [0.1, 0.15) is 29.9 Å². The van der Waals surface area contributed by atoms with Crippen LogP contribution in [0.15, 0.2) is 55.0 Å². The van der Waals surface area contributed by atoms with Crippen molar-refractivity contribution in [1.29, 1.82) is 0 Å². The van der Waals surface area contributed by atoms with Crippen LogP contribution in [0.25, 0.3) is 16.6 Å². The molecule has 1 aromatic carbocycles. The third kappa shape index (κ3) is 6.71. The number of urea groups is 1. The van der Waals surface area contributed by atoms with E-state index in [0.29, 0.717) is 22.2 Å². The third-order valence-corrected chi connectivity index (χ3v) is 5.23. The standard InChI is InChI=1S/C23H18F6N8O2/c24-22(25,26)10-31-17(38)8-13-9-37-19(20(30)32-11-33-37)18(13)12-4-6-14(7-5-12)34-21(39)36-16-3-1-2-15(35-16)23(27,28)29/h1-7,9,11H,8,10H2,(H,31,38)(H2,30,32,33)(H2,34,35,36,39). The van der Waals surface area contributed by atoms with Gasteiger partial charge in [-0.25, -0.2) is 19.3 Å². The number of carbonyl (C=O) groups excluding carboxylic acids is 2. The van der Waals surface area contributed by atoms with Crippen LogP contribution < -0.4 is 21.7 Å². The van der Waals surface area contributed by atoms with E-state index in [1.807, 2.05) is 5.32 Å². The molecule has 3 heterocycles. The van der Waals surface area contributed by atoms with E-state index in [2.05, 4.69) is 25.7 Å². The number of nitrogens with two attached hydrogens (primary N) is 1. The van der Waals surface area contributed by atoms with Gasteiger partial charge in [0, 0.05) is 17.4 Å². The Kier molecular flexibility index (Phi) is 7.29. The third-order valence-electron chi connectivity index (χ3n) is 5.23. The predicted octanol–water partition coefficient (Wildman–Crippen LogP) is 4.26. The maximum absolute atomic E-state index is 12.8. The average molecular weight is 552 g/mol. The van der Waals surface area contributed by atoms with Crippen LogP contribution in [0.4, 0.5) is 48.5 Å². The molecule has 0 atom stereocenters. The van der Waals surface area contributed by atoms with E-state index >= 15 is 0 Å². The van der Waals surface area contributed by atoms with Gasteiger partial charge in [-0.15, -0.1) is 0 Å². The number of nitrogen functional groups attached to an aromatic ring is 1. The summed E-state index contributed by atoms with van der Waals surface area (Å²) in [5, 5.41) is 10.5. The van der Waals surface area contributed by atoms with Crippen LogP contribution in [0, 0.1) is 0 Å². The first-order chi connectivity index (χ1) is 18.3. The minimum absolute atomic E-state index is 0.0529. The summed E-state index contributed by atoms with van der Waals surface area (Å²) in [6.07, 6.45) is -7.06. The van der Waals surface area contributed by atoms with Crippen LogP contribution in [0.3, 0.4) is 0 Å². The number of benzene rings is 1. The lowest BCUT2D eigenvalue weighted by Crippen LogP contribution is -2.34. The number of alkyl halides is 6. The number of aromatic nitrogens is 4. The molecule has 0 aliphatic heterocycles. The van der Waals surface area contributed by atoms with E-state index in [1.165, 1.54) is 47.4 Å². The number of nitrogens with one attached hydrogen (secondary N) is 3. The largest absolute Gasteiger partial charge is 0.433 e. The maximum atomic E-state index is 12.8. The molecule has 0 aliphatic carbocycles. The molecule has 0 aliphatic rings. The number of amides is 3. The van der Waals surface area contributed by atoms with Gasteiger partial charge in [-0.05, 0) is 35.4 Å². The van der Waals surface area contributed by atoms with Crippen molar-refractivity contribution in [2.24, 2.45) is 0 Å². The summed E-state index contributed by atoms with van der Waals surface area (Å²) < 4.78 is 77.3. The van der Waals surface area contributed by atoms with Gasteiger partial charge >= 0.3 is 18.4 Å². The van der Waals surface area contributed by atoms with E-state index in [-0.39, 0.29) is 17.3 Å². The molecule has 4 aromatic rings. The molecule has 0 saturated carbocycles. The number of halogens is 6. The molecule has 10 nitrogen and oxygen atoms in total. The highest BCUT2D eigenvalue weighted by Crippen LogP contribution is 2.33. The van der Waals surface area contributed by atoms with Crippen LogP contribution in [-0.4, -0.2) is 44.2 Å². The molecular formula is C23H18F6N8O2. The van der Waals surface area contributed by atoms with Gasteiger partial charge in [-0.3, -0.25) is 10.1 Å². The first-order valence-corrected chi connectivity index (χ1v) is 11.0. The van der Waals surface area contributed by atoms with Crippen molar-refractivity contribution in [1.82, 2.24) is 24.9 Å². The molecule has 0 radical (unpaired) electrons. The number of fused-ring (bicyclic) bond motifs is 1. The summed E-state index contributed by atoms with van der Waals surface area (Å²) >= 11 is 0. The van der Waals surface area contributed by atoms with Gasteiger partial charge in [0.05, 0.1) is 6.42 Å². The van der Waals surface area contributed by atoms with Gasteiger partial charge in [0.25, 0.3) is 0 Å². The molecule has 3 aromatic heterocycles. The summed E-state index contributed by atoms with van der Waals surface area (Å²) in [6, 6.07) is 8.20. The number of carbonyl (C=O) groups is 2. The van der Waals surface area contributed by atoms with Crippen LogP contribution in [0.1, 0.15) is 11.3 Å². The van der Waals surface area contributed by atoms with Crippen molar-refractivity contribution in [2.45, 2.75) is 18.8 Å². The van der Waals surface area contributed by atoms with Crippen molar-refractivity contribution < 1.29 is 35.9 Å². The van der Waals surface area contributed by atoms with Gasteiger partial charge in [-0.1, -0.05) is 18.2 Å². The predicted molar refractivity (Wildman–Crippen MR) is 127 cm³/mol. The summed E-state index contributed by atoms with van der Waals surface area (Å²) in [6.45, 7) is -1.49. The SMILES string of the molecule is Nc1ncnn2cc(CC(=O)NCC(F)(F)F)c(-c3ccc(NC(=O)Nc4cccc(C(F)(F)F)n4)cc3)c12. The van der Waals surface area contributed by atoms with Gasteiger partial charge in [-0.2, -0.15) is 31.4 Å². The summed E-state index contributed by atoms with van der Waals surface area (Å²) in [5.74, 6) is -1.14. The molecule has 0 fully saturated rings. The van der Waals surface area contributed by atoms with Crippen molar-refractivity contribution in [3.63, 3.8) is 0 Å². The first-order valence-electron chi connectivity index (χ1n) is 11.0. The number of anilines is 3. The second-order valence-corrected chi connectivity index (χ2v) is 8.10. The minimum Gasteiger partial charge on any atom is -0.382 e. The van der Waals surface area contributed by atoms with Crippen LogP contribution in [-0.2, 0) is 17.4 Å². The highest BCUT2D eigenvalue weighted by molar-refractivity contribution is 5.99. The lowest BCUT2D eigenvalue weighted by molar-refractivity contribution is -0.141. The lowest BCUT2D eigenvalue weighted by Gasteiger charge is -2.11. The molecule has 5 N–H and O–H groups in total. The van der Waals surface area contributed by atoms with E-state index in [1.54, 1.807) is 0 Å². The number of hydrogen-bond acceptors (Lipinski definition) is 6. The Bertz CT molecular complexity index is 1520. The number of rotatable bonds is 6. The van der Waals surface area contributed by atoms with E-state index in [0.717, 1.165) is 12.1 Å². The zero-order valence-corrected chi connectivity index (χ0v) is 19.6. The quantitative estimate of drug-likeness (QED) is 0.264. The van der Waals surface area contributed by atoms with Crippen LogP contribution in [0.5, 0.6) is 0 Å². The highest BCUT2D eigenvalue weighted by atomic mass is 19.4. The summed E-state index contributed by atoms with van der Waals surface area (Å²) in [5.41, 5.74) is 6.57. The Morgan fingerprint density at radius 3 is 2.36 bits per heavy atom. The first kappa shape index (κ1) is 27.2. The second-order valence-electron chi connectivity index (χ2n) is 8.10. The molecule has 0 bridgehead atoms. The van der Waals surface area contributed by atoms with Gasteiger partial charge in [0.15, 0.2) is 5.82 Å². The Labute approximate surface area is 215 Å². The number of pyridine rings is 1. The summed E-state index contributed by atoms with van der Waals surface area (Å²) in [4.78, 5) is 31.8. The number of hydrogen-bond donors (Lipinski definition) is 4. The van der Waals surface area contributed by atoms with Crippen LogP contribution in [0.2, 0.25) is 0 Å².